The number of nitrogens with one attached hydrogen (secondary N) is 1. The molecule has 128 valence electrons. The summed E-state index contributed by atoms with van der Waals surface area (Å²) in [5.74, 6) is 0.00379. The molecule has 2 heterocycles. The Labute approximate surface area is 143 Å². The van der Waals surface area contributed by atoms with Gasteiger partial charge in [0, 0.05) is 51.2 Å². The minimum absolute atomic E-state index is 0.00379. The summed E-state index contributed by atoms with van der Waals surface area (Å²) in [4.78, 5) is 16.8. The Morgan fingerprint density at radius 1 is 1.25 bits per heavy atom. The fourth-order valence-electron chi connectivity index (χ4n) is 3.15. The van der Waals surface area contributed by atoms with Crippen LogP contribution >= 0.6 is 0 Å². The molecule has 6 nitrogen and oxygen atoms in total. The number of hydrogen-bond donors (Lipinski definition) is 1. The normalized spacial score (nSPS) is 19.3. The van der Waals surface area contributed by atoms with Crippen molar-refractivity contribution in [2.45, 2.75) is 12.6 Å². The molecule has 3 rings (SSSR count). The minimum atomic E-state index is 0.00379. The summed E-state index contributed by atoms with van der Waals surface area (Å²) in [7, 11) is 2.17. The van der Waals surface area contributed by atoms with E-state index in [1.54, 1.807) is 17.1 Å². The second-order valence-corrected chi connectivity index (χ2v) is 6.28. The van der Waals surface area contributed by atoms with Gasteiger partial charge in [-0.05, 0) is 18.7 Å². The van der Waals surface area contributed by atoms with Crippen LogP contribution in [0.4, 0.5) is 0 Å². The molecule has 0 radical (unpaired) electrons. The van der Waals surface area contributed by atoms with Crippen LogP contribution in [0.1, 0.15) is 11.6 Å². The van der Waals surface area contributed by atoms with E-state index >= 15 is 0 Å². The zero-order chi connectivity index (χ0) is 16.8. The van der Waals surface area contributed by atoms with Crippen molar-refractivity contribution in [3.05, 3.63) is 54.4 Å². The molecule has 0 aliphatic carbocycles. The predicted octanol–water partition coefficient (Wildman–Crippen LogP) is 0.988. The highest BCUT2D eigenvalue weighted by molar-refractivity contribution is 5.75. The number of rotatable bonds is 6. The second-order valence-electron chi connectivity index (χ2n) is 6.28. The van der Waals surface area contributed by atoms with Gasteiger partial charge in [0.2, 0.25) is 5.91 Å². The van der Waals surface area contributed by atoms with Crippen LogP contribution in [0, 0.1) is 0 Å². The smallest absolute Gasteiger partial charge is 0.241 e. The van der Waals surface area contributed by atoms with Gasteiger partial charge in [-0.2, -0.15) is 5.10 Å². The van der Waals surface area contributed by atoms with Crippen LogP contribution in [-0.4, -0.2) is 65.3 Å². The summed E-state index contributed by atoms with van der Waals surface area (Å²) in [6.07, 6.45) is 3.48. The first-order valence-electron chi connectivity index (χ1n) is 8.44. The molecule has 6 heteroatoms. The highest BCUT2D eigenvalue weighted by atomic mass is 16.2. The van der Waals surface area contributed by atoms with Crippen molar-refractivity contribution >= 4 is 5.91 Å². The molecule has 0 spiro atoms. The van der Waals surface area contributed by atoms with Crippen LogP contribution in [-0.2, 0) is 11.3 Å². The van der Waals surface area contributed by atoms with Crippen molar-refractivity contribution in [2.75, 3.05) is 39.8 Å². The van der Waals surface area contributed by atoms with Crippen LogP contribution in [0.3, 0.4) is 0 Å². The summed E-state index contributed by atoms with van der Waals surface area (Å²) in [5, 5.41) is 7.05. The summed E-state index contributed by atoms with van der Waals surface area (Å²) in [5.41, 5.74) is 1.34. The van der Waals surface area contributed by atoms with Crippen LogP contribution in [0.2, 0.25) is 0 Å². The van der Waals surface area contributed by atoms with Gasteiger partial charge in [-0.15, -0.1) is 0 Å². The molecule has 1 saturated heterocycles. The summed E-state index contributed by atoms with van der Waals surface area (Å²) in [6.45, 7) is 4.89. The lowest BCUT2D eigenvalue weighted by Gasteiger charge is -2.40. The maximum Gasteiger partial charge on any atom is 0.241 e. The van der Waals surface area contributed by atoms with Gasteiger partial charge in [-0.1, -0.05) is 30.3 Å². The monoisotopic (exact) mass is 327 g/mol. The fraction of sp³-hybridized carbons (Fsp3) is 0.444. The number of likely N-dealkylation sites (N-methyl/N-ethyl adjacent to an activating group) is 1. The van der Waals surface area contributed by atoms with E-state index in [0.717, 1.165) is 26.2 Å². The summed E-state index contributed by atoms with van der Waals surface area (Å²) >= 11 is 0. The van der Waals surface area contributed by atoms with E-state index in [0.29, 0.717) is 12.6 Å². The van der Waals surface area contributed by atoms with Gasteiger partial charge in [0.25, 0.3) is 0 Å². The number of carbonyl (C=O) groups excluding carboxylic acids is 1. The molecular weight excluding hydrogens is 302 g/mol. The molecule has 1 aliphatic rings. The third-order valence-corrected chi connectivity index (χ3v) is 4.46. The van der Waals surface area contributed by atoms with Gasteiger partial charge in [0.15, 0.2) is 0 Å². The Morgan fingerprint density at radius 3 is 2.83 bits per heavy atom. The van der Waals surface area contributed by atoms with Gasteiger partial charge in [0.05, 0.1) is 0 Å². The van der Waals surface area contributed by atoms with E-state index in [1.165, 1.54) is 5.56 Å². The molecule has 1 N–H and O–H groups in total. The largest absolute Gasteiger partial charge is 0.353 e. The maximum absolute atomic E-state index is 12.0. The Balaban J connectivity index is 1.51. The molecule has 2 aromatic rings. The first-order valence-corrected chi connectivity index (χ1v) is 8.44. The standard InChI is InChI=1S/C18H25N5O/c1-21-12-13-22(17(14-21)16-6-3-2-4-7-16)11-9-19-18(24)15-23-10-5-8-20-23/h2-8,10,17H,9,11-15H2,1H3,(H,19,24)/t17-/m1/s1. The van der Waals surface area contributed by atoms with E-state index < -0.39 is 0 Å². The van der Waals surface area contributed by atoms with Crippen molar-refractivity contribution in [1.82, 2.24) is 24.9 Å². The molecule has 0 bridgehead atoms. The molecule has 1 atom stereocenters. The number of hydrogen-bond acceptors (Lipinski definition) is 4. The van der Waals surface area contributed by atoms with Crippen LogP contribution < -0.4 is 5.32 Å². The Hall–Kier alpha value is -2.18. The van der Waals surface area contributed by atoms with Crippen molar-refractivity contribution in [2.24, 2.45) is 0 Å². The summed E-state index contributed by atoms with van der Waals surface area (Å²) in [6, 6.07) is 12.8. The summed E-state index contributed by atoms with van der Waals surface area (Å²) < 4.78 is 1.64. The number of amides is 1. The molecular formula is C18H25N5O. The van der Waals surface area contributed by atoms with E-state index in [-0.39, 0.29) is 12.5 Å². The van der Waals surface area contributed by atoms with Gasteiger partial charge < -0.3 is 10.2 Å². The predicted molar refractivity (Wildman–Crippen MR) is 93.5 cm³/mol. The quantitative estimate of drug-likeness (QED) is 0.860. The number of aromatic nitrogens is 2. The van der Waals surface area contributed by atoms with Crippen molar-refractivity contribution < 1.29 is 4.79 Å². The minimum Gasteiger partial charge on any atom is -0.353 e. The lowest BCUT2D eigenvalue weighted by atomic mass is 10.0. The Kier molecular flexibility index (Phi) is 5.61. The second kappa shape index (κ2) is 8.08. The molecule has 0 saturated carbocycles. The van der Waals surface area contributed by atoms with Crippen molar-refractivity contribution in [3.8, 4) is 0 Å². The Bertz CT molecular complexity index is 628. The molecule has 1 aromatic heterocycles. The van der Waals surface area contributed by atoms with Crippen LogP contribution in [0.5, 0.6) is 0 Å². The average molecular weight is 327 g/mol. The first kappa shape index (κ1) is 16.7. The lowest BCUT2D eigenvalue weighted by molar-refractivity contribution is -0.121. The molecule has 1 aromatic carbocycles. The maximum atomic E-state index is 12.0. The van der Waals surface area contributed by atoms with E-state index in [2.05, 4.69) is 57.6 Å². The average Bonchev–Trinajstić information content (AvgIpc) is 3.10. The van der Waals surface area contributed by atoms with Gasteiger partial charge in [-0.3, -0.25) is 14.4 Å². The van der Waals surface area contributed by atoms with E-state index in [4.69, 9.17) is 0 Å². The number of nitrogens with zero attached hydrogens (tertiary/aromatic N) is 4. The highest BCUT2D eigenvalue weighted by Crippen LogP contribution is 2.24. The number of piperazine rings is 1. The third-order valence-electron chi connectivity index (χ3n) is 4.46. The van der Waals surface area contributed by atoms with Crippen molar-refractivity contribution in [3.63, 3.8) is 0 Å². The topological polar surface area (TPSA) is 53.4 Å². The molecule has 1 amide bonds. The van der Waals surface area contributed by atoms with Gasteiger partial charge in [0.1, 0.15) is 6.54 Å². The van der Waals surface area contributed by atoms with Crippen molar-refractivity contribution in [1.29, 1.82) is 0 Å². The SMILES string of the molecule is CN1CCN(CCNC(=O)Cn2cccn2)[C@@H](c2ccccc2)C1. The zero-order valence-electron chi connectivity index (χ0n) is 14.1. The number of benzene rings is 1. The molecule has 1 fully saturated rings. The Morgan fingerprint density at radius 2 is 2.08 bits per heavy atom. The highest BCUT2D eigenvalue weighted by Gasteiger charge is 2.26. The third kappa shape index (κ3) is 4.43. The molecule has 0 unspecified atom stereocenters. The lowest BCUT2D eigenvalue weighted by Crippen LogP contribution is -2.49. The van der Waals surface area contributed by atoms with Gasteiger partial charge >= 0.3 is 0 Å². The van der Waals surface area contributed by atoms with E-state index in [9.17, 15) is 4.79 Å². The van der Waals surface area contributed by atoms with Crippen LogP contribution in [0.25, 0.3) is 0 Å². The zero-order valence-corrected chi connectivity index (χ0v) is 14.1. The number of carbonyl (C=O) groups is 1. The molecule has 1 aliphatic heterocycles. The van der Waals surface area contributed by atoms with E-state index in [1.807, 2.05) is 6.07 Å². The first-order chi connectivity index (χ1) is 11.7. The van der Waals surface area contributed by atoms with Gasteiger partial charge in [-0.25, -0.2) is 0 Å². The molecule has 24 heavy (non-hydrogen) atoms. The fourth-order valence-corrected chi connectivity index (χ4v) is 3.15. The van der Waals surface area contributed by atoms with Crippen LogP contribution in [0.15, 0.2) is 48.8 Å².